The van der Waals surface area contributed by atoms with Crippen LogP contribution in [0.3, 0.4) is 0 Å². The summed E-state index contributed by atoms with van der Waals surface area (Å²) in [5.41, 5.74) is -0.875. The van der Waals surface area contributed by atoms with Gasteiger partial charge in [-0.2, -0.15) is 18.3 Å². The normalized spacial score (nSPS) is 20.4. The van der Waals surface area contributed by atoms with Crippen LogP contribution in [0.15, 0.2) is 28.1 Å². The lowest BCUT2D eigenvalue weighted by Crippen LogP contribution is -2.48. The van der Waals surface area contributed by atoms with Crippen LogP contribution in [0.1, 0.15) is 44.0 Å². The molecule has 4 heterocycles. The van der Waals surface area contributed by atoms with E-state index in [0.29, 0.717) is 34.4 Å². The van der Waals surface area contributed by atoms with Gasteiger partial charge in [0.05, 0.1) is 20.6 Å². The van der Waals surface area contributed by atoms with Gasteiger partial charge in [0.15, 0.2) is 11.3 Å². The molecule has 1 amide bonds. The molecule has 0 radical (unpaired) electrons. The summed E-state index contributed by atoms with van der Waals surface area (Å²) < 4.78 is 42.9. The summed E-state index contributed by atoms with van der Waals surface area (Å²) in [5, 5.41) is 6.15. The lowest BCUT2D eigenvalue weighted by molar-refractivity contribution is -0.142. The van der Waals surface area contributed by atoms with Crippen LogP contribution in [-0.4, -0.2) is 32.5 Å². The molecule has 1 fully saturated rings. The highest BCUT2D eigenvalue weighted by molar-refractivity contribution is 9.10. The van der Waals surface area contributed by atoms with Gasteiger partial charge in [-0.15, -0.1) is 11.3 Å². The Hall–Kier alpha value is -1.94. The summed E-state index contributed by atoms with van der Waals surface area (Å²) in [6.45, 7) is 2.48. The molecule has 10 heteroatoms. The smallest absolute Gasteiger partial charge is 0.334 e. The average Bonchev–Trinajstić information content (AvgIpc) is 3.35. The van der Waals surface area contributed by atoms with E-state index in [9.17, 15) is 18.0 Å². The first-order chi connectivity index (χ1) is 13.8. The topological polar surface area (TPSA) is 50.5 Å². The summed E-state index contributed by atoms with van der Waals surface area (Å²) in [6.07, 6.45) is -0.906. The van der Waals surface area contributed by atoms with Gasteiger partial charge in [0.1, 0.15) is 5.69 Å². The van der Waals surface area contributed by atoms with Crippen molar-refractivity contribution in [3.8, 4) is 10.6 Å². The van der Waals surface area contributed by atoms with E-state index in [1.807, 2.05) is 6.92 Å². The summed E-state index contributed by atoms with van der Waals surface area (Å²) >= 11 is 4.79. The molecular weight excluding hydrogens is 469 g/mol. The zero-order chi connectivity index (χ0) is 20.8. The van der Waals surface area contributed by atoms with Crippen LogP contribution in [0.25, 0.3) is 16.2 Å². The molecule has 1 unspecified atom stereocenters. The maximum absolute atomic E-state index is 13.9. The van der Waals surface area contributed by atoms with Crippen molar-refractivity contribution in [3.05, 3.63) is 39.4 Å². The van der Waals surface area contributed by atoms with Crippen LogP contribution >= 0.6 is 27.3 Å². The second-order valence-corrected chi connectivity index (χ2v) is 8.78. The molecular formula is C19H18BrF3N4OS. The van der Waals surface area contributed by atoms with Gasteiger partial charge in [-0.3, -0.25) is 4.79 Å². The van der Waals surface area contributed by atoms with E-state index in [1.54, 1.807) is 22.4 Å². The van der Waals surface area contributed by atoms with Crippen molar-refractivity contribution in [2.24, 2.45) is 0 Å². The molecule has 0 bridgehead atoms. The first-order valence-electron chi connectivity index (χ1n) is 9.24. The highest BCUT2D eigenvalue weighted by Crippen LogP contribution is 2.44. The van der Waals surface area contributed by atoms with E-state index in [-0.39, 0.29) is 11.3 Å². The molecule has 5 nitrogen and oxygen atoms in total. The zero-order valence-electron chi connectivity index (χ0n) is 15.5. The molecule has 1 saturated heterocycles. The molecule has 0 saturated carbocycles. The largest absolute Gasteiger partial charge is 0.433 e. The van der Waals surface area contributed by atoms with Gasteiger partial charge >= 0.3 is 6.18 Å². The Balaban J connectivity index is 2.01. The molecule has 0 aliphatic carbocycles. The van der Waals surface area contributed by atoms with E-state index in [0.717, 1.165) is 29.8 Å². The van der Waals surface area contributed by atoms with Crippen molar-refractivity contribution < 1.29 is 18.0 Å². The van der Waals surface area contributed by atoms with Crippen LogP contribution in [0, 0.1) is 0 Å². The van der Waals surface area contributed by atoms with E-state index in [4.69, 9.17) is 0 Å². The second-order valence-electron chi connectivity index (χ2n) is 7.04. The van der Waals surface area contributed by atoms with Crippen molar-refractivity contribution >= 4 is 39.3 Å². The monoisotopic (exact) mass is 486 g/mol. The van der Waals surface area contributed by atoms with Gasteiger partial charge in [0, 0.05) is 6.54 Å². The highest BCUT2D eigenvalue weighted by atomic mass is 79.9. The second kappa shape index (κ2) is 7.39. The third-order valence-corrected chi connectivity index (χ3v) is 7.16. The molecule has 0 N–H and O–H groups in total. The molecule has 0 aromatic carbocycles. The number of amides is 1. The molecule has 1 aliphatic rings. The average molecular weight is 487 g/mol. The lowest BCUT2D eigenvalue weighted by atomic mass is 9.82. The molecule has 1 atom stereocenters. The Labute approximate surface area is 177 Å². The first kappa shape index (κ1) is 20.3. The zero-order valence-corrected chi connectivity index (χ0v) is 17.9. The fourth-order valence-corrected chi connectivity index (χ4v) is 5.45. The Bertz CT molecular complexity index is 1050. The van der Waals surface area contributed by atoms with Gasteiger partial charge in [-0.05, 0) is 59.1 Å². The van der Waals surface area contributed by atoms with E-state index < -0.39 is 17.4 Å². The quantitative estimate of drug-likeness (QED) is 0.458. The number of halogens is 4. The highest BCUT2D eigenvalue weighted by Gasteiger charge is 2.44. The van der Waals surface area contributed by atoms with Crippen LogP contribution in [0.4, 0.5) is 13.2 Å². The number of thiophene rings is 1. The number of nitrogens with zero attached hydrogens (tertiary/aromatic N) is 4. The van der Waals surface area contributed by atoms with Crippen molar-refractivity contribution in [2.75, 3.05) is 6.54 Å². The Morgan fingerprint density at radius 2 is 2.17 bits per heavy atom. The minimum absolute atomic E-state index is 0.0995. The van der Waals surface area contributed by atoms with Crippen LogP contribution in [0.2, 0.25) is 0 Å². The number of carbonyl (C=O) groups is 1. The molecule has 3 aromatic heterocycles. The number of fused-ring (bicyclic) bond motifs is 1. The summed E-state index contributed by atoms with van der Waals surface area (Å²) in [6, 6.07) is 4.53. The standard InChI is InChI=1S/C19H18BrF3N4OS/c1-2-18(7-3-4-8-26(18)11-28)16-15(20)17-24-12(13-6-5-9-29-13)10-14(19(21,22)23)27(17)25-16/h5-6,9-11H,2-4,7-8H2,1H3. The maximum Gasteiger partial charge on any atom is 0.433 e. The van der Waals surface area contributed by atoms with E-state index in [2.05, 4.69) is 26.0 Å². The Morgan fingerprint density at radius 1 is 1.38 bits per heavy atom. The van der Waals surface area contributed by atoms with E-state index in [1.165, 1.54) is 11.3 Å². The van der Waals surface area contributed by atoms with Crippen LogP contribution in [-0.2, 0) is 16.5 Å². The fraction of sp³-hybridized carbons (Fsp3) is 0.421. The maximum atomic E-state index is 13.9. The van der Waals surface area contributed by atoms with Crippen molar-refractivity contribution in [1.29, 1.82) is 0 Å². The van der Waals surface area contributed by atoms with Crippen molar-refractivity contribution in [2.45, 2.75) is 44.3 Å². The Morgan fingerprint density at radius 3 is 2.79 bits per heavy atom. The number of likely N-dealkylation sites (tertiary alicyclic amines) is 1. The lowest BCUT2D eigenvalue weighted by Gasteiger charge is -2.44. The molecule has 29 heavy (non-hydrogen) atoms. The van der Waals surface area contributed by atoms with Gasteiger partial charge < -0.3 is 4.90 Å². The number of hydrogen-bond donors (Lipinski definition) is 0. The number of alkyl halides is 3. The molecule has 4 rings (SSSR count). The number of rotatable bonds is 4. The van der Waals surface area contributed by atoms with Gasteiger partial charge in [0.25, 0.3) is 0 Å². The number of hydrogen-bond acceptors (Lipinski definition) is 4. The van der Waals surface area contributed by atoms with Crippen LogP contribution in [0.5, 0.6) is 0 Å². The molecule has 154 valence electrons. The van der Waals surface area contributed by atoms with Gasteiger partial charge in [-0.25, -0.2) is 9.50 Å². The molecule has 3 aromatic rings. The fourth-order valence-electron chi connectivity index (χ4n) is 4.05. The van der Waals surface area contributed by atoms with Gasteiger partial charge in [-0.1, -0.05) is 13.0 Å². The SMILES string of the molecule is CCC1(c2nn3c(C(F)(F)F)cc(-c4cccs4)nc3c2Br)CCCCN1C=O. The number of aromatic nitrogens is 3. The number of piperidine rings is 1. The van der Waals surface area contributed by atoms with Crippen molar-refractivity contribution in [3.63, 3.8) is 0 Å². The first-order valence-corrected chi connectivity index (χ1v) is 10.9. The number of carbonyl (C=O) groups excluding carboxylic acids is 1. The minimum Gasteiger partial charge on any atom is -0.334 e. The van der Waals surface area contributed by atoms with Crippen LogP contribution < -0.4 is 0 Å². The third kappa shape index (κ3) is 3.26. The predicted octanol–water partition coefficient (Wildman–Crippen LogP) is 5.49. The van der Waals surface area contributed by atoms with Crippen molar-refractivity contribution in [1.82, 2.24) is 19.5 Å². The summed E-state index contributed by atoms with van der Waals surface area (Å²) in [4.78, 5) is 18.5. The van der Waals surface area contributed by atoms with E-state index >= 15 is 0 Å². The third-order valence-electron chi connectivity index (χ3n) is 5.54. The Kier molecular flexibility index (Phi) is 5.18. The minimum atomic E-state index is -4.60. The molecule has 1 aliphatic heterocycles. The summed E-state index contributed by atoms with van der Waals surface area (Å²) in [5.74, 6) is 0. The summed E-state index contributed by atoms with van der Waals surface area (Å²) in [7, 11) is 0. The molecule has 0 spiro atoms. The van der Waals surface area contributed by atoms with Gasteiger partial charge in [0.2, 0.25) is 6.41 Å². The predicted molar refractivity (Wildman–Crippen MR) is 108 cm³/mol.